The summed E-state index contributed by atoms with van der Waals surface area (Å²) < 4.78 is 12.9. The highest BCUT2D eigenvalue weighted by atomic mass is 32.2. The first-order chi connectivity index (χ1) is 8.72. The lowest BCUT2D eigenvalue weighted by molar-refractivity contribution is 0.593. The van der Waals surface area contributed by atoms with Gasteiger partial charge in [0.15, 0.2) is 0 Å². The molecule has 102 valence electrons. The van der Waals surface area contributed by atoms with Crippen molar-refractivity contribution in [3.8, 4) is 0 Å². The Balaban J connectivity index is 2.69. The number of hydrogen-bond acceptors (Lipinski definition) is 3. The summed E-state index contributed by atoms with van der Waals surface area (Å²) in [7, 11) is 0. The van der Waals surface area contributed by atoms with Crippen LogP contribution in [0.1, 0.15) is 20.3 Å². The van der Waals surface area contributed by atoms with Gasteiger partial charge in [0.25, 0.3) is 0 Å². The van der Waals surface area contributed by atoms with Gasteiger partial charge in [-0.2, -0.15) is 11.8 Å². The molecular formula is C14H23FN2S. The van der Waals surface area contributed by atoms with Crippen LogP contribution in [0.3, 0.4) is 0 Å². The van der Waals surface area contributed by atoms with E-state index in [0.717, 1.165) is 30.2 Å². The normalized spacial score (nSPS) is 12.4. The van der Waals surface area contributed by atoms with Gasteiger partial charge >= 0.3 is 0 Å². The summed E-state index contributed by atoms with van der Waals surface area (Å²) in [4.78, 5) is 2.26. The zero-order valence-electron chi connectivity index (χ0n) is 11.2. The van der Waals surface area contributed by atoms with Crippen molar-refractivity contribution in [2.45, 2.75) is 26.3 Å². The minimum atomic E-state index is -0.194. The van der Waals surface area contributed by atoms with Crippen molar-refractivity contribution in [1.82, 2.24) is 0 Å². The van der Waals surface area contributed by atoms with Gasteiger partial charge in [-0.15, -0.1) is 0 Å². The summed E-state index contributed by atoms with van der Waals surface area (Å²) >= 11 is 1.94. The van der Waals surface area contributed by atoms with Gasteiger partial charge in [0.1, 0.15) is 5.82 Å². The van der Waals surface area contributed by atoms with Crippen LogP contribution in [0.2, 0.25) is 0 Å². The highest BCUT2D eigenvalue weighted by Gasteiger charge is 2.15. The molecule has 1 aromatic rings. The molecule has 0 aliphatic carbocycles. The van der Waals surface area contributed by atoms with Gasteiger partial charge in [-0.05, 0) is 49.1 Å². The second kappa shape index (κ2) is 8.38. The first-order valence-corrected chi connectivity index (χ1v) is 7.68. The molecule has 4 heteroatoms. The summed E-state index contributed by atoms with van der Waals surface area (Å²) in [6.07, 6.45) is 1.07. The predicted molar refractivity (Wildman–Crippen MR) is 79.9 cm³/mol. The Hall–Kier alpha value is -0.740. The van der Waals surface area contributed by atoms with E-state index in [9.17, 15) is 4.39 Å². The lowest BCUT2D eigenvalue weighted by Crippen LogP contribution is -2.41. The Kier molecular flexibility index (Phi) is 7.13. The molecular weight excluding hydrogens is 247 g/mol. The maximum Gasteiger partial charge on any atom is 0.123 e. The maximum absolute atomic E-state index is 12.9. The van der Waals surface area contributed by atoms with E-state index < -0.39 is 0 Å². The van der Waals surface area contributed by atoms with Gasteiger partial charge in [0.05, 0.1) is 0 Å². The first-order valence-electron chi connectivity index (χ1n) is 6.52. The third kappa shape index (κ3) is 4.50. The lowest BCUT2D eigenvalue weighted by atomic mass is 10.1. The third-order valence-electron chi connectivity index (χ3n) is 3.01. The van der Waals surface area contributed by atoms with Crippen molar-refractivity contribution < 1.29 is 4.39 Å². The monoisotopic (exact) mass is 270 g/mol. The molecule has 18 heavy (non-hydrogen) atoms. The van der Waals surface area contributed by atoms with Crippen molar-refractivity contribution in [1.29, 1.82) is 0 Å². The van der Waals surface area contributed by atoms with E-state index in [1.165, 1.54) is 12.1 Å². The van der Waals surface area contributed by atoms with Crippen molar-refractivity contribution in [2.75, 3.05) is 29.5 Å². The minimum absolute atomic E-state index is 0.194. The Morgan fingerprint density at radius 1 is 1.28 bits per heavy atom. The highest BCUT2D eigenvalue weighted by Crippen LogP contribution is 2.19. The van der Waals surface area contributed by atoms with Crippen LogP contribution in [0.15, 0.2) is 24.3 Å². The van der Waals surface area contributed by atoms with E-state index in [4.69, 9.17) is 5.73 Å². The molecule has 1 rings (SSSR count). The fourth-order valence-corrected chi connectivity index (χ4v) is 2.78. The number of anilines is 1. The van der Waals surface area contributed by atoms with Crippen LogP contribution in [0.5, 0.6) is 0 Å². The molecule has 0 aliphatic rings. The summed E-state index contributed by atoms with van der Waals surface area (Å²) in [5.74, 6) is 2.07. The van der Waals surface area contributed by atoms with Gasteiger partial charge in [-0.25, -0.2) is 4.39 Å². The summed E-state index contributed by atoms with van der Waals surface area (Å²) in [5, 5.41) is 0. The van der Waals surface area contributed by atoms with Crippen molar-refractivity contribution in [3.05, 3.63) is 30.1 Å². The van der Waals surface area contributed by atoms with Crippen LogP contribution in [-0.2, 0) is 0 Å². The summed E-state index contributed by atoms with van der Waals surface area (Å²) in [6.45, 7) is 5.80. The molecule has 0 radical (unpaired) electrons. The topological polar surface area (TPSA) is 29.3 Å². The fraction of sp³-hybridized carbons (Fsp3) is 0.571. The molecule has 0 saturated carbocycles. The SMILES string of the molecule is CCSCCC(CN)N(CC)c1ccc(F)cc1. The van der Waals surface area contributed by atoms with Gasteiger partial charge < -0.3 is 10.6 Å². The number of likely N-dealkylation sites (N-methyl/N-ethyl adjacent to an activating group) is 1. The zero-order valence-corrected chi connectivity index (χ0v) is 12.0. The van der Waals surface area contributed by atoms with Crippen LogP contribution >= 0.6 is 11.8 Å². The number of rotatable bonds is 8. The molecule has 0 bridgehead atoms. The van der Waals surface area contributed by atoms with E-state index in [1.54, 1.807) is 0 Å². The third-order valence-corrected chi connectivity index (χ3v) is 3.94. The van der Waals surface area contributed by atoms with E-state index in [-0.39, 0.29) is 5.82 Å². The Morgan fingerprint density at radius 2 is 1.94 bits per heavy atom. The molecule has 0 aromatic heterocycles. The smallest absolute Gasteiger partial charge is 0.123 e. The molecule has 2 nitrogen and oxygen atoms in total. The first kappa shape index (κ1) is 15.3. The molecule has 0 aliphatic heterocycles. The highest BCUT2D eigenvalue weighted by molar-refractivity contribution is 7.99. The van der Waals surface area contributed by atoms with Crippen molar-refractivity contribution in [3.63, 3.8) is 0 Å². The standard InChI is InChI=1S/C14H23FN2S/c1-3-17(13-7-5-12(15)6-8-13)14(11-16)9-10-18-4-2/h5-8,14H,3-4,9-11,16H2,1-2H3. The molecule has 1 unspecified atom stereocenters. The molecule has 1 aromatic carbocycles. The Labute approximate surface area is 114 Å². The predicted octanol–water partition coefficient (Wildman–Crippen LogP) is 3.12. The van der Waals surface area contributed by atoms with Gasteiger partial charge in [0, 0.05) is 24.8 Å². The Bertz CT molecular complexity index is 329. The van der Waals surface area contributed by atoms with Gasteiger partial charge in [-0.3, -0.25) is 0 Å². The molecule has 0 spiro atoms. The number of thioether (sulfide) groups is 1. The average Bonchev–Trinajstić information content (AvgIpc) is 2.40. The van der Waals surface area contributed by atoms with Crippen LogP contribution in [0.25, 0.3) is 0 Å². The van der Waals surface area contributed by atoms with E-state index in [2.05, 4.69) is 18.7 Å². The van der Waals surface area contributed by atoms with Crippen LogP contribution in [0.4, 0.5) is 10.1 Å². The van der Waals surface area contributed by atoms with E-state index in [1.807, 2.05) is 23.9 Å². The molecule has 1 atom stereocenters. The second-order valence-corrected chi connectivity index (χ2v) is 5.53. The number of nitrogens with zero attached hydrogens (tertiary/aromatic N) is 1. The fourth-order valence-electron chi connectivity index (χ4n) is 2.05. The molecule has 0 heterocycles. The molecule has 0 fully saturated rings. The van der Waals surface area contributed by atoms with E-state index in [0.29, 0.717) is 12.6 Å². The largest absolute Gasteiger partial charge is 0.368 e. The van der Waals surface area contributed by atoms with Crippen molar-refractivity contribution >= 4 is 17.4 Å². The summed E-state index contributed by atoms with van der Waals surface area (Å²) in [6, 6.07) is 7.00. The lowest BCUT2D eigenvalue weighted by Gasteiger charge is -2.32. The maximum atomic E-state index is 12.9. The van der Waals surface area contributed by atoms with Crippen LogP contribution in [0, 0.1) is 5.82 Å². The molecule has 0 saturated heterocycles. The van der Waals surface area contributed by atoms with Crippen LogP contribution < -0.4 is 10.6 Å². The Morgan fingerprint density at radius 3 is 2.44 bits per heavy atom. The van der Waals surface area contributed by atoms with E-state index >= 15 is 0 Å². The number of halogens is 1. The quantitative estimate of drug-likeness (QED) is 0.736. The van der Waals surface area contributed by atoms with Crippen LogP contribution in [-0.4, -0.2) is 30.6 Å². The van der Waals surface area contributed by atoms with Gasteiger partial charge in [0.2, 0.25) is 0 Å². The number of nitrogens with two attached hydrogens (primary N) is 1. The number of hydrogen-bond donors (Lipinski definition) is 1. The summed E-state index contributed by atoms with van der Waals surface area (Å²) in [5.41, 5.74) is 6.93. The average molecular weight is 270 g/mol. The van der Waals surface area contributed by atoms with Gasteiger partial charge in [-0.1, -0.05) is 6.92 Å². The molecule has 2 N–H and O–H groups in total. The van der Waals surface area contributed by atoms with Crippen molar-refractivity contribution in [2.24, 2.45) is 5.73 Å². The zero-order chi connectivity index (χ0) is 13.4. The number of benzene rings is 1. The second-order valence-electron chi connectivity index (χ2n) is 4.14. The minimum Gasteiger partial charge on any atom is -0.368 e. The molecule has 0 amide bonds.